The van der Waals surface area contributed by atoms with E-state index in [-0.39, 0.29) is 5.91 Å². The fourth-order valence-corrected chi connectivity index (χ4v) is 2.61. The number of carbonyl (C=O) groups is 1. The zero-order valence-corrected chi connectivity index (χ0v) is 16.3. The Bertz CT molecular complexity index is 1040. The minimum atomic E-state index is -0.285. The molecule has 0 aliphatic rings. The first kappa shape index (κ1) is 19.9. The van der Waals surface area contributed by atoms with Crippen LogP contribution in [0.4, 0.5) is 5.82 Å². The average Bonchev–Trinajstić information content (AvgIpc) is 3.17. The SMILES string of the molecule is C=CCOc1ccc(/C=C\C(=O)Nc2cccc(-c3cnn(C)c3)n2)cc1OC. The summed E-state index contributed by atoms with van der Waals surface area (Å²) < 4.78 is 12.6. The standard InChI is InChI=1S/C22H22N4O3/c1-4-12-29-19-10-8-16(13-20(19)28-3)9-11-22(27)25-21-7-5-6-18(24-21)17-14-23-26(2)15-17/h4-11,13-15H,1,12H2,2-3H3,(H,24,25,27)/b11-9-. The molecule has 2 aromatic heterocycles. The van der Waals surface area contributed by atoms with Crippen LogP contribution in [0.1, 0.15) is 5.56 Å². The van der Waals surface area contributed by atoms with E-state index >= 15 is 0 Å². The number of amides is 1. The van der Waals surface area contributed by atoms with Crippen LogP contribution in [-0.2, 0) is 11.8 Å². The number of aromatic nitrogens is 3. The van der Waals surface area contributed by atoms with E-state index < -0.39 is 0 Å². The first-order valence-electron chi connectivity index (χ1n) is 8.96. The molecular formula is C22H22N4O3. The van der Waals surface area contributed by atoms with Crippen LogP contribution in [0.2, 0.25) is 0 Å². The summed E-state index contributed by atoms with van der Waals surface area (Å²) in [6, 6.07) is 10.9. The summed E-state index contributed by atoms with van der Waals surface area (Å²) in [6.45, 7) is 4.01. The largest absolute Gasteiger partial charge is 0.493 e. The molecule has 1 amide bonds. The van der Waals surface area contributed by atoms with Crippen LogP contribution < -0.4 is 14.8 Å². The van der Waals surface area contributed by atoms with Crippen LogP contribution >= 0.6 is 0 Å². The zero-order chi connectivity index (χ0) is 20.6. The van der Waals surface area contributed by atoms with Crippen molar-refractivity contribution >= 4 is 17.8 Å². The predicted octanol–water partition coefficient (Wildman–Crippen LogP) is 3.71. The van der Waals surface area contributed by atoms with Gasteiger partial charge in [-0.2, -0.15) is 5.10 Å². The highest BCUT2D eigenvalue weighted by molar-refractivity contribution is 6.01. The maximum atomic E-state index is 12.3. The van der Waals surface area contributed by atoms with Gasteiger partial charge in [0.05, 0.1) is 19.0 Å². The number of methoxy groups -OCH3 is 1. The van der Waals surface area contributed by atoms with E-state index in [0.29, 0.717) is 23.9 Å². The van der Waals surface area contributed by atoms with Crippen LogP contribution in [0, 0.1) is 0 Å². The normalized spacial score (nSPS) is 10.7. The molecular weight excluding hydrogens is 368 g/mol. The number of benzene rings is 1. The number of rotatable bonds is 8. The summed E-state index contributed by atoms with van der Waals surface area (Å²) in [5, 5.41) is 6.90. The highest BCUT2D eigenvalue weighted by Gasteiger charge is 2.06. The molecule has 1 N–H and O–H groups in total. The van der Waals surface area contributed by atoms with Gasteiger partial charge in [-0.1, -0.05) is 24.8 Å². The lowest BCUT2D eigenvalue weighted by molar-refractivity contribution is -0.111. The molecule has 7 heteroatoms. The van der Waals surface area contributed by atoms with Crippen molar-refractivity contribution in [3.63, 3.8) is 0 Å². The number of hydrogen-bond acceptors (Lipinski definition) is 5. The van der Waals surface area contributed by atoms with E-state index in [0.717, 1.165) is 16.8 Å². The topological polar surface area (TPSA) is 78.3 Å². The quantitative estimate of drug-likeness (QED) is 0.469. The second kappa shape index (κ2) is 9.36. The summed E-state index contributed by atoms with van der Waals surface area (Å²) >= 11 is 0. The molecule has 7 nitrogen and oxygen atoms in total. The van der Waals surface area contributed by atoms with Crippen LogP contribution in [0.3, 0.4) is 0 Å². The number of pyridine rings is 1. The summed E-state index contributed by atoms with van der Waals surface area (Å²) in [4.78, 5) is 16.7. The van der Waals surface area contributed by atoms with Gasteiger partial charge in [0, 0.05) is 24.9 Å². The Morgan fingerprint density at radius 3 is 2.86 bits per heavy atom. The van der Waals surface area contributed by atoms with E-state index in [1.54, 1.807) is 48.3 Å². The van der Waals surface area contributed by atoms with Gasteiger partial charge in [-0.15, -0.1) is 0 Å². The van der Waals surface area contributed by atoms with Crippen molar-refractivity contribution in [2.24, 2.45) is 7.05 Å². The number of ether oxygens (including phenoxy) is 2. The molecule has 2 heterocycles. The first-order chi connectivity index (χ1) is 14.1. The molecule has 0 saturated heterocycles. The fourth-order valence-electron chi connectivity index (χ4n) is 2.61. The maximum Gasteiger partial charge on any atom is 0.249 e. The third-order valence-electron chi connectivity index (χ3n) is 3.97. The minimum absolute atomic E-state index is 0.285. The maximum absolute atomic E-state index is 12.3. The molecule has 1 aromatic carbocycles. The molecule has 0 fully saturated rings. The number of nitrogens with zero attached hydrogens (tertiary/aromatic N) is 3. The number of carbonyl (C=O) groups excluding carboxylic acids is 1. The Morgan fingerprint density at radius 1 is 1.28 bits per heavy atom. The highest BCUT2D eigenvalue weighted by atomic mass is 16.5. The van der Waals surface area contributed by atoms with Gasteiger partial charge in [0.15, 0.2) is 11.5 Å². The number of hydrogen-bond donors (Lipinski definition) is 1. The van der Waals surface area contributed by atoms with Crippen molar-refractivity contribution in [1.29, 1.82) is 0 Å². The van der Waals surface area contributed by atoms with Gasteiger partial charge in [-0.3, -0.25) is 9.48 Å². The van der Waals surface area contributed by atoms with E-state index in [2.05, 4.69) is 22.0 Å². The van der Waals surface area contributed by atoms with Crippen LogP contribution in [-0.4, -0.2) is 34.4 Å². The molecule has 0 bridgehead atoms. The van der Waals surface area contributed by atoms with Crippen molar-refractivity contribution in [1.82, 2.24) is 14.8 Å². The number of anilines is 1. The molecule has 29 heavy (non-hydrogen) atoms. The van der Waals surface area contributed by atoms with Gasteiger partial charge < -0.3 is 14.8 Å². The first-order valence-corrected chi connectivity index (χ1v) is 8.96. The van der Waals surface area contributed by atoms with Crippen LogP contribution in [0.5, 0.6) is 11.5 Å². The van der Waals surface area contributed by atoms with E-state index in [1.165, 1.54) is 6.08 Å². The van der Waals surface area contributed by atoms with Crippen molar-refractivity contribution in [3.05, 3.63) is 73.1 Å². The van der Waals surface area contributed by atoms with Crippen molar-refractivity contribution < 1.29 is 14.3 Å². The summed E-state index contributed by atoms with van der Waals surface area (Å²) in [5.74, 6) is 1.38. The third kappa shape index (κ3) is 5.32. The number of nitrogens with one attached hydrogen (secondary N) is 1. The van der Waals surface area contributed by atoms with Crippen molar-refractivity contribution in [3.8, 4) is 22.8 Å². The summed E-state index contributed by atoms with van der Waals surface area (Å²) in [5.41, 5.74) is 2.42. The van der Waals surface area contributed by atoms with Gasteiger partial charge in [-0.25, -0.2) is 4.98 Å². The van der Waals surface area contributed by atoms with Gasteiger partial charge in [0.1, 0.15) is 12.4 Å². The summed E-state index contributed by atoms with van der Waals surface area (Å²) in [7, 11) is 3.41. The number of aryl methyl sites for hydroxylation is 1. The predicted molar refractivity (Wildman–Crippen MR) is 113 cm³/mol. The van der Waals surface area contributed by atoms with E-state index in [9.17, 15) is 4.79 Å². The fraction of sp³-hybridized carbons (Fsp3) is 0.136. The Morgan fingerprint density at radius 2 is 2.14 bits per heavy atom. The minimum Gasteiger partial charge on any atom is -0.493 e. The Labute approximate surface area is 169 Å². The van der Waals surface area contributed by atoms with E-state index in [1.807, 2.05) is 31.4 Å². The van der Waals surface area contributed by atoms with Gasteiger partial charge in [0.2, 0.25) is 5.91 Å². The molecule has 3 aromatic rings. The molecule has 0 aliphatic carbocycles. The van der Waals surface area contributed by atoms with Gasteiger partial charge in [0.25, 0.3) is 0 Å². The van der Waals surface area contributed by atoms with Crippen molar-refractivity contribution in [2.75, 3.05) is 19.0 Å². The second-order valence-electron chi connectivity index (χ2n) is 6.14. The average molecular weight is 390 g/mol. The molecule has 3 rings (SSSR count). The Balaban J connectivity index is 1.67. The van der Waals surface area contributed by atoms with Gasteiger partial charge in [-0.05, 0) is 35.9 Å². The highest BCUT2D eigenvalue weighted by Crippen LogP contribution is 2.28. The Kier molecular flexibility index (Phi) is 6.42. The lowest BCUT2D eigenvalue weighted by atomic mass is 10.2. The van der Waals surface area contributed by atoms with Gasteiger partial charge >= 0.3 is 0 Å². The monoisotopic (exact) mass is 390 g/mol. The van der Waals surface area contributed by atoms with Crippen molar-refractivity contribution in [2.45, 2.75) is 0 Å². The molecule has 0 aliphatic heterocycles. The Hall–Kier alpha value is -3.87. The smallest absolute Gasteiger partial charge is 0.249 e. The summed E-state index contributed by atoms with van der Waals surface area (Å²) in [6.07, 6.45) is 8.39. The molecule has 0 radical (unpaired) electrons. The molecule has 0 unspecified atom stereocenters. The van der Waals surface area contributed by atoms with Crippen LogP contribution in [0.25, 0.3) is 17.3 Å². The molecule has 0 spiro atoms. The molecule has 148 valence electrons. The molecule has 0 atom stereocenters. The third-order valence-corrected chi connectivity index (χ3v) is 3.97. The second-order valence-corrected chi connectivity index (χ2v) is 6.14. The van der Waals surface area contributed by atoms with E-state index in [4.69, 9.17) is 9.47 Å². The molecule has 0 saturated carbocycles. The lowest BCUT2D eigenvalue weighted by Crippen LogP contribution is -2.09. The zero-order valence-electron chi connectivity index (χ0n) is 16.3. The van der Waals surface area contributed by atoms with Crippen LogP contribution in [0.15, 0.2) is 67.5 Å². The lowest BCUT2D eigenvalue weighted by Gasteiger charge is -2.09.